The number of Topliss-reactive ketones (excluding diaryl/α,β-unsaturated/α-hetero) is 1. The first-order chi connectivity index (χ1) is 12.4. The molecule has 0 radical (unpaired) electrons. The summed E-state index contributed by atoms with van der Waals surface area (Å²) in [6.07, 6.45) is 2.26. The van der Waals surface area contributed by atoms with Crippen molar-refractivity contribution in [3.05, 3.63) is 47.7 Å². The van der Waals surface area contributed by atoms with Crippen LogP contribution in [0.15, 0.2) is 42.2 Å². The van der Waals surface area contributed by atoms with E-state index < -0.39 is 8.32 Å². The third-order valence-electron chi connectivity index (χ3n) is 6.97. The normalized spacial score (nSPS) is 27.7. The number of allylic oxidation sites excluding steroid dienone is 2. The zero-order valence-corrected chi connectivity index (χ0v) is 19.7. The van der Waals surface area contributed by atoms with E-state index in [4.69, 9.17) is 4.43 Å². The molecule has 0 spiro atoms. The van der Waals surface area contributed by atoms with Crippen molar-refractivity contribution in [2.24, 2.45) is 23.7 Å². The predicted molar refractivity (Wildman–Crippen MR) is 117 cm³/mol. The van der Waals surface area contributed by atoms with Crippen LogP contribution in [0.4, 0.5) is 0 Å². The Balaban J connectivity index is 2.49. The van der Waals surface area contributed by atoms with Gasteiger partial charge in [-0.15, -0.1) is 0 Å². The molecule has 2 rings (SSSR count). The van der Waals surface area contributed by atoms with E-state index in [1.54, 1.807) is 6.92 Å². The maximum absolute atomic E-state index is 12.4. The average Bonchev–Trinajstić information content (AvgIpc) is 2.53. The van der Waals surface area contributed by atoms with Crippen LogP contribution in [0, 0.1) is 23.7 Å². The molecule has 0 heterocycles. The van der Waals surface area contributed by atoms with E-state index in [-0.39, 0.29) is 28.7 Å². The average molecular weight is 387 g/mol. The lowest BCUT2D eigenvalue weighted by Gasteiger charge is -2.46. The minimum Gasteiger partial charge on any atom is -0.547 e. The lowest BCUT2D eigenvalue weighted by atomic mass is 9.65. The van der Waals surface area contributed by atoms with Crippen LogP contribution in [0.25, 0.3) is 0 Å². The third-order valence-corrected chi connectivity index (χ3v) is 11.3. The summed E-state index contributed by atoms with van der Waals surface area (Å²) >= 11 is 0. The summed E-state index contributed by atoms with van der Waals surface area (Å²) in [5, 5.41) is 0.151. The largest absolute Gasteiger partial charge is 0.547 e. The molecule has 0 aromatic heterocycles. The monoisotopic (exact) mass is 386 g/mol. The minimum atomic E-state index is -1.94. The zero-order chi connectivity index (χ0) is 20.6. The minimum absolute atomic E-state index is 0.0629. The molecule has 5 atom stereocenters. The van der Waals surface area contributed by atoms with Crippen molar-refractivity contribution in [3.8, 4) is 0 Å². The van der Waals surface area contributed by atoms with E-state index in [1.807, 2.05) is 0 Å². The van der Waals surface area contributed by atoms with Gasteiger partial charge in [-0.3, -0.25) is 4.79 Å². The molecule has 150 valence electrons. The fourth-order valence-corrected chi connectivity index (χ4v) is 5.49. The van der Waals surface area contributed by atoms with E-state index in [0.717, 1.165) is 5.76 Å². The van der Waals surface area contributed by atoms with Gasteiger partial charge in [0.1, 0.15) is 5.78 Å². The molecule has 3 heteroatoms. The van der Waals surface area contributed by atoms with Crippen molar-refractivity contribution in [1.29, 1.82) is 0 Å². The number of benzene rings is 1. The van der Waals surface area contributed by atoms with Crippen molar-refractivity contribution >= 4 is 14.1 Å². The molecule has 0 bridgehead atoms. The Morgan fingerprint density at radius 3 is 2.15 bits per heavy atom. The summed E-state index contributed by atoms with van der Waals surface area (Å²) in [6, 6.07) is 10.7. The van der Waals surface area contributed by atoms with Crippen LogP contribution < -0.4 is 0 Å². The number of rotatable bonds is 5. The Morgan fingerprint density at radius 2 is 1.67 bits per heavy atom. The molecule has 0 amide bonds. The van der Waals surface area contributed by atoms with Gasteiger partial charge in [-0.25, -0.2) is 0 Å². The fourth-order valence-electron chi connectivity index (χ4n) is 4.39. The van der Waals surface area contributed by atoms with Gasteiger partial charge in [-0.1, -0.05) is 71.9 Å². The van der Waals surface area contributed by atoms with Gasteiger partial charge in [0, 0.05) is 11.8 Å². The van der Waals surface area contributed by atoms with Gasteiger partial charge < -0.3 is 4.43 Å². The van der Waals surface area contributed by atoms with Crippen LogP contribution >= 0.6 is 0 Å². The number of carbonyl (C=O) groups is 1. The number of ketones is 1. The van der Waals surface area contributed by atoms with Crippen molar-refractivity contribution in [3.63, 3.8) is 0 Å². The van der Waals surface area contributed by atoms with Gasteiger partial charge in [-0.2, -0.15) is 0 Å². The molecule has 0 saturated carbocycles. The van der Waals surface area contributed by atoms with Crippen LogP contribution in [0.5, 0.6) is 0 Å². The second kappa shape index (κ2) is 7.95. The molecule has 0 unspecified atom stereocenters. The molecule has 1 aromatic carbocycles. The molecule has 0 aliphatic heterocycles. The van der Waals surface area contributed by atoms with Gasteiger partial charge in [0.25, 0.3) is 0 Å². The molecule has 2 nitrogen and oxygen atoms in total. The Bertz CT molecular complexity index is 684. The quantitative estimate of drug-likeness (QED) is 0.520. The molecular formula is C24H38O2Si. The highest BCUT2D eigenvalue weighted by Gasteiger charge is 2.46. The first-order valence-electron chi connectivity index (χ1n) is 10.3. The van der Waals surface area contributed by atoms with E-state index >= 15 is 0 Å². The lowest BCUT2D eigenvalue weighted by Crippen LogP contribution is -2.45. The first-order valence-corrected chi connectivity index (χ1v) is 13.2. The summed E-state index contributed by atoms with van der Waals surface area (Å²) in [5.41, 5.74) is 1.32. The summed E-state index contributed by atoms with van der Waals surface area (Å²) in [4.78, 5) is 12.4. The van der Waals surface area contributed by atoms with Gasteiger partial charge >= 0.3 is 0 Å². The Labute approximate surface area is 167 Å². The molecular weight excluding hydrogens is 348 g/mol. The number of carbonyl (C=O) groups excluding carboxylic acids is 1. The highest BCUT2D eigenvalue weighted by Crippen LogP contribution is 2.48. The van der Waals surface area contributed by atoms with E-state index in [9.17, 15) is 4.79 Å². The lowest BCUT2D eigenvalue weighted by molar-refractivity contribution is -0.124. The fraction of sp³-hybridized carbons (Fsp3) is 0.625. The maximum Gasteiger partial charge on any atom is 0.250 e. The molecule has 1 aromatic rings. The van der Waals surface area contributed by atoms with E-state index in [2.05, 4.69) is 91.0 Å². The SMILES string of the molecule is CC(=O)[C@H]1[C@H](C)[C@H]([C@H](C)c2ccccc2)C(O[Si](C)(C)C(C)(C)C)=C[C@@H]1C. The third kappa shape index (κ3) is 4.56. The van der Waals surface area contributed by atoms with Crippen LogP contribution in [0.1, 0.15) is 59.9 Å². The van der Waals surface area contributed by atoms with Crippen LogP contribution in [0.3, 0.4) is 0 Å². The predicted octanol–water partition coefficient (Wildman–Crippen LogP) is 6.80. The summed E-state index contributed by atoms with van der Waals surface area (Å²) in [7, 11) is -1.94. The van der Waals surface area contributed by atoms with Gasteiger partial charge in [0.05, 0.1) is 5.76 Å². The van der Waals surface area contributed by atoms with Gasteiger partial charge in [-0.05, 0) is 54.4 Å². The Morgan fingerprint density at radius 1 is 1.11 bits per heavy atom. The summed E-state index contributed by atoms with van der Waals surface area (Å²) in [5.74, 6) is 2.50. The second-order valence-corrected chi connectivity index (χ2v) is 14.7. The Kier molecular flexibility index (Phi) is 6.46. The van der Waals surface area contributed by atoms with Crippen molar-refractivity contribution in [2.45, 2.75) is 72.5 Å². The summed E-state index contributed by atoms with van der Waals surface area (Å²) in [6.45, 7) is 19.9. The van der Waals surface area contributed by atoms with Crippen LogP contribution in [-0.2, 0) is 9.22 Å². The first kappa shape index (κ1) is 21.9. The smallest absolute Gasteiger partial charge is 0.250 e. The second-order valence-electron chi connectivity index (χ2n) is 10.0. The molecule has 1 aliphatic rings. The summed E-state index contributed by atoms with van der Waals surface area (Å²) < 4.78 is 6.86. The maximum atomic E-state index is 12.4. The van der Waals surface area contributed by atoms with Crippen molar-refractivity contribution in [2.75, 3.05) is 0 Å². The van der Waals surface area contributed by atoms with Crippen LogP contribution in [0.2, 0.25) is 18.1 Å². The van der Waals surface area contributed by atoms with E-state index in [0.29, 0.717) is 11.7 Å². The van der Waals surface area contributed by atoms with Gasteiger partial charge in [0.15, 0.2) is 0 Å². The topological polar surface area (TPSA) is 26.3 Å². The molecule has 27 heavy (non-hydrogen) atoms. The Hall–Kier alpha value is -1.35. The number of hydrogen-bond donors (Lipinski definition) is 0. The molecule has 0 fully saturated rings. The highest BCUT2D eigenvalue weighted by atomic mass is 28.4. The van der Waals surface area contributed by atoms with Gasteiger partial charge in [0.2, 0.25) is 8.32 Å². The van der Waals surface area contributed by atoms with Crippen molar-refractivity contribution < 1.29 is 9.22 Å². The molecule has 0 N–H and O–H groups in total. The molecule has 0 saturated heterocycles. The number of hydrogen-bond acceptors (Lipinski definition) is 2. The highest BCUT2D eigenvalue weighted by molar-refractivity contribution is 6.74. The molecule has 1 aliphatic carbocycles. The zero-order valence-electron chi connectivity index (χ0n) is 18.7. The van der Waals surface area contributed by atoms with Crippen molar-refractivity contribution in [1.82, 2.24) is 0 Å². The van der Waals surface area contributed by atoms with E-state index in [1.165, 1.54) is 5.56 Å². The standard InChI is InChI=1S/C24H38O2Si/c1-16-15-21(26-27(8,9)24(5,6)7)23(18(3)22(16)19(4)25)17(2)20-13-11-10-12-14-20/h10-18,22-23H,1-9H3/t16-,17+,18-,22+,23-/m0/s1. The van der Waals surface area contributed by atoms with Crippen LogP contribution in [-0.4, -0.2) is 14.1 Å².